The molecule has 0 aliphatic carbocycles. The summed E-state index contributed by atoms with van der Waals surface area (Å²) in [6.45, 7) is 16.9. The van der Waals surface area contributed by atoms with Gasteiger partial charge in [0.15, 0.2) is 0 Å². The van der Waals surface area contributed by atoms with E-state index in [0.717, 1.165) is 18.4 Å². The summed E-state index contributed by atoms with van der Waals surface area (Å²) in [5.74, 6) is -6.12. The molecule has 0 bridgehead atoms. The van der Waals surface area contributed by atoms with Crippen molar-refractivity contribution in [2.75, 3.05) is 203 Å². The minimum atomic E-state index is -0.946. The molecule has 1 aromatic carbocycles. The highest BCUT2D eigenvalue weighted by molar-refractivity contribution is 5.80. The van der Waals surface area contributed by atoms with Gasteiger partial charge in [0.2, 0.25) is 23.6 Å². The highest BCUT2D eigenvalue weighted by atomic mass is 16.4. The van der Waals surface area contributed by atoms with Gasteiger partial charge in [0.05, 0.1) is 58.9 Å². The van der Waals surface area contributed by atoms with E-state index in [-0.39, 0.29) is 88.4 Å². The SMILES string of the molecule is CC(Cc1ccccc1)C(=O)NCCNC(=O)CN1CCN(CC(=O)O)CCN(CC(=O)O)CC1.CCCNC(=O)CN1CCN(CC(=O)O)CCN(CC(=O)O)CC1.CCCNC(=O)CN1CCN(CC(=O)O)CCN(CC(=O)O)CC1. The Hall–Kier alpha value is -6.44. The van der Waals surface area contributed by atoms with Crippen LogP contribution in [0, 0.1) is 5.92 Å². The zero-order valence-corrected chi connectivity index (χ0v) is 48.8. The van der Waals surface area contributed by atoms with Crippen LogP contribution >= 0.6 is 0 Å². The lowest BCUT2D eigenvalue weighted by Crippen LogP contribution is -2.45. The standard InChI is InChI=1S/C24H37N5O6.2C15H28N4O5/c1-19(15-20-5-3-2-4-6-20)24(35)26-8-7-25-21(30)16-27-9-11-28(17-22(31)32)13-14-29(12-10-27)18-23(33)34;2*1-2-3-16-13(20)10-17-4-6-18(11-14(21)22)8-9-19(7-5-17)12-15(23)24/h2-6,19H,7-18H2,1H3,(H,25,30)(H,26,35)(H,31,32)(H,33,34);2*2-12H2,1H3,(H,16,20)(H,21,22)(H,23,24). The van der Waals surface area contributed by atoms with Crippen molar-refractivity contribution in [1.82, 2.24) is 65.4 Å². The van der Waals surface area contributed by atoms with E-state index in [2.05, 4.69) is 21.3 Å². The fourth-order valence-electron chi connectivity index (χ4n) is 9.05. The molecule has 4 rings (SSSR count). The number of carboxylic acids is 6. The van der Waals surface area contributed by atoms with Crippen molar-refractivity contribution in [1.29, 1.82) is 0 Å². The van der Waals surface area contributed by atoms with Gasteiger partial charge >= 0.3 is 35.8 Å². The lowest BCUT2D eigenvalue weighted by molar-refractivity contribution is -0.140. The second-order valence-corrected chi connectivity index (χ2v) is 20.8. The molecule has 10 N–H and O–H groups in total. The molecule has 1 atom stereocenters. The topological polar surface area (TPSA) is 369 Å². The van der Waals surface area contributed by atoms with Crippen molar-refractivity contribution < 1.29 is 78.6 Å². The molecule has 3 heterocycles. The van der Waals surface area contributed by atoms with Crippen LogP contribution < -0.4 is 21.3 Å². The number of hydrogen-bond donors (Lipinski definition) is 10. The zero-order chi connectivity index (χ0) is 61.5. The van der Waals surface area contributed by atoms with Crippen molar-refractivity contribution in [3.63, 3.8) is 0 Å². The molecule has 4 amide bonds. The first-order valence-electron chi connectivity index (χ1n) is 28.5. The molecule has 0 aromatic heterocycles. The average Bonchev–Trinajstić information content (AvgIpc) is 3.69. The van der Waals surface area contributed by atoms with Crippen LogP contribution in [-0.4, -0.2) is 337 Å². The predicted octanol–water partition coefficient (Wildman–Crippen LogP) is -3.61. The van der Waals surface area contributed by atoms with Gasteiger partial charge in [0, 0.05) is 150 Å². The molecule has 3 saturated heterocycles. The summed E-state index contributed by atoms with van der Waals surface area (Å²) in [6, 6.07) is 9.79. The van der Waals surface area contributed by atoms with Crippen LogP contribution in [0.25, 0.3) is 0 Å². The number of carboxylic acid groups (broad SMARTS) is 6. The summed E-state index contributed by atoms with van der Waals surface area (Å²) in [6.07, 6.45) is 2.38. The molecule has 0 saturated carbocycles. The number of amides is 4. The molecular formula is C54H93N13O16. The summed E-state index contributed by atoms with van der Waals surface area (Å²) < 4.78 is 0. The number of nitrogens with zero attached hydrogens (tertiary/aromatic N) is 9. The number of carbonyl (C=O) groups is 10. The van der Waals surface area contributed by atoms with Crippen LogP contribution in [0.4, 0.5) is 0 Å². The number of aliphatic carboxylic acids is 6. The van der Waals surface area contributed by atoms with Gasteiger partial charge < -0.3 is 51.9 Å². The Kier molecular flexibility index (Phi) is 37.1. The Morgan fingerprint density at radius 1 is 0.349 bits per heavy atom. The molecular weight excluding hydrogens is 1090 g/mol. The van der Waals surface area contributed by atoms with Crippen molar-refractivity contribution in [3.8, 4) is 0 Å². The maximum atomic E-state index is 12.5. The summed E-state index contributed by atoms with van der Waals surface area (Å²) in [4.78, 5) is 131. The van der Waals surface area contributed by atoms with E-state index in [1.54, 1.807) is 29.4 Å². The third kappa shape index (κ3) is 36.7. The maximum Gasteiger partial charge on any atom is 0.317 e. The van der Waals surface area contributed by atoms with E-state index >= 15 is 0 Å². The minimum absolute atomic E-state index is 0.0642. The zero-order valence-electron chi connectivity index (χ0n) is 48.8. The van der Waals surface area contributed by atoms with Crippen LogP contribution in [0.5, 0.6) is 0 Å². The first-order chi connectivity index (χ1) is 39.5. The van der Waals surface area contributed by atoms with Crippen LogP contribution in [0.1, 0.15) is 39.2 Å². The fourth-order valence-corrected chi connectivity index (χ4v) is 9.05. The molecule has 470 valence electrons. The average molecular weight is 1180 g/mol. The van der Waals surface area contributed by atoms with Gasteiger partial charge in [0.1, 0.15) is 0 Å². The molecule has 3 fully saturated rings. The molecule has 29 nitrogen and oxygen atoms in total. The lowest BCUT2D eigenvalue weighted by Gasteiger charge is -2.24. The third-order valence-corrected chi connectivity index (χ3v) is 13.6. The Bertz CT molecular complexity index is 1990. The summed E-state index contributed by atoms with van der Waals surface area (Å²) in [5, 5.41) is 65.5. The number of benzene rings is 1. The largest absolute Gasteiger partial charge is 0.480 e. The van der Waals surface area contributed by atoms with E-state index in [0.29, 0.717) is 150 Å². The Morgan fingerprint density at radius 2 is 0.566 bits per heavy atom. The summed E-state index contributed by atoms with van der Waals surface area (Å²) >= 11 is 0. The number of nitrogens with one attached hydrogen (secondary N) is 4. The summed E-state index contributed by atoms with van der Waals surface area (Å²) in [7, 11) is 0. The predicted molar refractivity (Wildman–Crippen MR) is 306 cm³/mol. The van der Waals surface area contributed by atoms with E-state index in [9.17, 15) is 47.9 Å². The van der Waals surface area contributed by atoms with Gasteiger partial charge in [-0.1, -0.05) is 51.1 Å². The van der Waals surface area contributed by atoms with Gasteiger partial charge in [-0.2, -0.15) is 0 Å². The molecule has 1 aromatic rings. The monoisotopic (exact) mass is 1180 g/mol. The van der Waals surface area contributed by atoms with E-state index in [1.165, 1.54) is 0 Å². The third-order valence-electron chi connectivity index (χ3n) is 13.6. The van der Waals surface area contributed by atoms with Crippen LogP contribution in [0.15, 0.2) is 30.3 Å². The molecule has 0 spiro atoms. The Balaban J connectivity index is 0.000000438. The molecule has 3 aliphatic heterocycles. The van der Waals surface area contributed by atoms with Crippen molar-refractivity contribution >= 4 is 59.4 Å². The quantitative estimate of drug-likeness (QED) is 0.0362. The molecule has 3 aliphatic rings. The smallest absolute Gasteiger partial charge is 0.317 e. The number of rotatable bonds is 28. The van der Waals surface area contributed by atoms with Crippen molar-refractivity contribution in [2.45, 2.75) is 40.0 Å². The van der Waals surface area contributed by atoms with E-state index < -0.39 is 35.8 Å². The molecule has 1 unspecified atom stereocenters. The Morgan fingerprint density at radius 3 is 0.795 bits per heavy atom. The first-order valence-corrected chi connectivity index (χ1v) is 28.5. The van der Waals surface area contributed by atoms with Gasteiger partial charge in [-0.15, -0.1) is 0 Å². The maximum absolute atomic E-state index is 12.5. The minimum Gasteiger partial charge on any atom is -0.480 e. The van der Waals surface area contributed by atoms with Crippen molar-refractivity contribution in [2.24, 2.45) is 5.92 Å². The number of carbonyl (C=O) groups excluding carboxylic acids is 4. The van der Waals surface area contributed by atoms with Gasteiger partial charge in [0.25, 0.3) is 0 Å². The van der Waals surface area contributed by atoms with Gasteiger partial charge in [-0.25, -0.2) is 0 Å². The highest BCUT2D eigenvalue weighted by Crippen LogP contribution is 2.09. The van der Waals surface area contributed by atoms with Crippen LogP contribution in [0.2, 0.25) is 0 Å². The second-order valence-electron chi connectivity index (χ2n) is 20.8. The Labute approximate surface area is 486 Å². The normalized spacial score (nSPS) is 17.8. The highest BCUT2D eigenvalue weighted by Gasteiger charge is 2.24. The molecule has 29 heteroatoms. The van der Waals surface area contributed by atoms with Gasteiger partial charge in [-0.05, 0) is 24.8 Å². The van der Waals surface area contributed by atoms with Crippen molar-refractivity contribution in [3.05, 3.63) is 35.9 Å². The lowest BCUT2D eigenvalue weighted by atomic mass is 10.0. The summed E-state index contributed by atoms with van der Waals surface area (Å²) in [5.41, 5.74) is 1.09. The fraction of sp³-hybridized carbons (Fsp3) is 0.704. The second kappa shape index (κ2) is 42.4. The first kappa shape index (κ1) is 72.7. The van der Waals surface area contributed by atoms with Crippen LogP contribution in [-0.2, 0) is 54.4 Å². The molecule has 83 heavy (non-hydrogen) atoms. The van der Waals surface area contributed by atoms with E-state index in [4.69, 9.17) is 30.6 Å². The van der Waals surface area contributed by atoms with E-state index in [1.807, 2.05) is 65.8 Å². The van der Waals surface area contributed by atoms with Crippen LogP contribution in [0.3, 0.4) is 0 Å². The van der Waals surface area contributed by atoms with Gasteiger partial charge in [-0.3, -0.25) is 92.0 Å². The molecule has 0 radical (unpaired) electrons. The number of hydrogen-bond acceptors (Lipinski definition) is 19.